The Hall–Kier alpha value is -1.56. The standard InChI is InChI=1S/C11H18N4O2/c1-11(3-5-17-6-4-11)15-10-8(16-2)9(12)13-7-14-10/h7H,3-6H2,1-2H3,(H3,12,13,14,15). The zero-order chi connectivity index (χ0) is 12.3. The lowest BCUT2D eigenvalue weighted by atomic mass is 9.92. The summed E-state index contributed by atoms with van der Waals surface area (Å²) in [5.74, 6) is 1.49. The van der Waals surface area contributed by atoms with Gasteiger partial charge in [-0.15, -0.1) is 0 Å². The summed E-state index contributed by atoms with van der Waals surface area (Å²) < 4.78 is 10.6. The van der Waals surface area contributed by atoms with Crippen LogP contribution < -0.4 is 15.8 Å². The van der Waals surface area contributed by atoms with Gasteiger partial charge in [0, 0.05) is 18.8 Å². The first-order chi connectivity index (χ1) is 8.14. The lowest BCUT2D eigenvalue weighted by Crippen LogP contribution is -2.41. The summed E-state index contributed by atoms with van der Waals surface area (Å²) in [6.45, 7) is 3.66. The molecular weight excluding hydrogens is 220 g/mol. The van der Waals surface area contributed by atoms with Crippen LogP contribution in [0.3, 0.4) is 0 Å². The van der Waals surface area contributed by atoms with Crippen molar-refractivity contribution in [3.05, 3.63) is 6.33 Å². The van der Waals surface area contributed by atoms with Gasteiger partial charge in [0.05, 0.1) is 7.11 Å². The molecule has 0 bridgehead atoms. The molecule has 1 saturated heterocycles. The fourth-order valence-electron chi connectivity index (χ4n) is 1.91. The zero-order valence-corrected chi connectivity index (χ0v) is 10.2. The van der Waals surface area contributed by atoms with Gasteiger partial charge in [0.15, 0.2) is 11.6 Å². The first-order valence-corrected chi connectivity index (χ1v) is 5.65. The summed E-state index contributed by atoms with van der Waals surface area (Å²) in [6, 6.07) is 0. The van der Waals surface area contributed by atoms with Gasteiger partial charge >= 0.3 is 0 Å². The van der Waals surface area contributed by atoms with Crippen molar-refractivity contribution in [2.24, 2.45) is 0 Å². The van der Waals surface area contributed by atoms with E-state index < -0.39 is 0 Å². The summed E-state index contributed by atoms with van der Waals surface area (Å²) in [5.41, 5.74) is 5.70. The molecule has 1 aromatic heterocycles. The molecule has 2 rings (SSSR count). The number of nitrogen functional groups attached to an aromatic ring is 1. The topological polar surface area (TPSA) is 82.3 Å². The Morgan fingerprint density at radius 1 is 1.41 bits per heavy atom. The molecule has 0 unspecified atom stereocenters. The van der Waals surface area contributed by atoms with Gasteiger partial charge in [0.1, 0.15) is 6.33 Å². The average Bonchev–Trinajstić information content (AvgIpc) is 2.30. The number of rotatable bonds is 3. The number of methoxy groups -OCH3 is 1. The smallest absolute Gasteiger partial charge is 0.203 e. The molecule has 3 N–H and O–H groups in total. The molecule has 0 atom stereocenters. The Kier molecular flexibility index (Phi) is 3.33. The van der Waals surface area contributed by atoms with E-state index in [1.165, 1.54) is 6.33 Å². The van der Waals surface area contributed by atoms with Crippen LogP contribution in [-0.4, -0.2) is 35.8 Å². The summed E-state index contributed by atoms with van der Waals surface area (Å²) in [7, 11) is 1.56. The van der Waals surface area contributed by atoms with E-state index in [1.807, 2.05) is 0 Å². The third-order valence-corrected chi connectivity index (χ3v) is 3.05. The third kappa shape index (κ3) is 2.58. The van der Waals surface area contributed by atoms with Crippen molar-refractivity contribution in [2.45, 2.75) is 25.3 Å². The molecule has 1 fully saturated rings. The second-order valence-electron chi connectivity index (χ2n) is 4.44. The Morgan fingerprint density at radius 2 is 2.12 bits per heavy atom. The van der Waals surface area contributed by atoms with Gasteiger partial charge in [-0.05, 0) is 19.8 Å². The fourth-order valence-corrected chi connectivity index (χ4v) is 1.91. The van der Waals surface area contributed by atoms with Gasteiger partial charge in [-0.3, -0.25) is 0 Å². The van der Waals surface area contributed by atoms with Crippen molar-refractivity contribution in [1.82, 2.24) is 9.97 Å². The minimum absolute atomic E-state index is 0.0354. The van der Waals surface area contributed by atoms with Crippen LogP contribution >= 0.6 is 0 Å². The van der Waals surface area contributed by atoms with E-state index in [0.29, 0.717) is 17.4 Å². The largest absolute Gasteiger partial charge is 0.490 e. The van der Waals surface area contributed by atoms with E-state index >= 15 is 0 Å². The highest BCUT2D eigenvalue weighted by molar-refractivity contribution is 5.62. The molecule has 17 heavy (non-hydrogen) atoms. The molecule has 0 spiro atoms. The third-order valence-electron chi connectivity index (χ3n) is 3.05. The molecule has 0 aromatic carbocycles. The number of nitrogens with one attached hydrogen (secondary N) is 1. The van der Waals surface area contributed by atoms with E-state index in [9.17, 15) is 0 Å². The van der Waals surface area contributed by atoms with Crippen molar-refractivity contribution in [1.29, 1.82) is 0 Å². The second kappa shape index (κ2) is 4.75. The molecule has 0 aliphatic carbocycles. The predicted molar refractivity (Wildman–Crippen MR) is 65.1 cm³/mol. The first kappa shape index (κ1) is 11.9. The highest BCUT2D eigenvalue weighted by atomic mass is 16.5. The summed E-state index contributed by atoms with van der Waals surface area (Å²) in [4.78, 5) is 8.09. The van der Waals surface area contributed by atoms with Crippen molar-refractivity contribution in [2.75, 3.05) is 31.4 Å². The minimum Gasteiger partial charge on any atom is -0.490 e. The van der Waals surface area contributed by atoms with Gasteiger partial charge < -0.3 is 20.5 Å². The highest BCUT2D eigenvalue weighted by Crippen LogP contribution is 2.31. The van der Waals surface area contributed by atoms with E-state index in [1.54, 1.807) is 7.11 Å². The van der Waals surface area contributed by atoms with Gasteiger partial charge in [-0.1, -0.05) is 0 Å². The maximum atomic E-state index is 5.74. The minimum atomic E-state index is -0.0354. The van der Waals surface area contributed by atoms with E-state index in [2.05, 4.69) is 22.2 Å². The molecule has 6 heteroatoms. The maximum absolute atomic E-state index is 5.74. The monoisotopic (exact) mass is 238 g/mol. The molecule has 0 amide bonds. The second-order valence-corrected chi connectivity index (χ2v) is 4.44. The predicted octanol–water partition coefficient (Wildman–Crippen LogP) is 1.05. The molecule has 1 aliphatic rings. The van der Waals surface area contributed by atoms with Crippen molar-refractivity contribution in [3.63, 3.8) is 0 Å². The lowest BCUT2D eigenvalue weighted by molar-refractivity contribution is 0.0656. The maximum Gasteiger partial charge on any atom is 0.203 e. The molecular formula is C11H18N4O2. The SMILES string of the molecule is COc1c(N)ncnc1NC1(C)CCOCC1. The van der Waals surface area contributed by atoms with Crippen molar-refractivity contribution < 1.29 is 9.47 Å². The lowest BCUT2D eigenvalue weighted by Gasteiger charge is -2.35. The fraction of sp³-hybridized carbons (Fsp3) is 0.636. The van der Waals surface area contributed by atoms with E-state index in [0.717, 1.165) is 26.1 Å². The van der Waals surface area contributed by atoms with Crippen LogP contribution in [0.1, 0.15) is 19.8 Å². The summed E-state index contributed by atoms with van der Waals surface area (Å²) >= 11 is 0. The highest BCUT2D eigenvalue weighted by Gasteiger charge is 2.28. The molecule has 1 aromatic rings. The zero-order valence-electron chi connectivity index (χ0n) is 10.2. The van der Waals surface area contributed by atoms with Gasteiger partial charge in [0.2, 0.25) is 5.75 Å². The van der Waals surface area contributed by atoms with Crippen LogP contribution in [0.4, 0.5) is 11.6 Å². The number of nitrogens with zero attached hydrogens (tertiary/aromatic N) is 2. The molecule has 6 nitrogen and oxygen atoms in total. The summed E-state index contributed by atoms with van der Waals surface area (Å²) in [5, 5.41) is 3.38. The molecule has 0 radical (unpaired) electrons. The molecule has 2 heterocycles. The van der Waals surface area contributed by atoms with Gasteiger partial charge in [0.25, 0.3) is 0 Å². The van der Waals surface area contributed by atoms with Crippen molar-refractivity contribution in [3.8, 4) is 5.75 Å². The molecule has 0 saturated carbocycles. The van der Waals surface area contributed by atoms with Crippen LogP contribution in [0.15, 0.2) is 6.33 Å². The Morgan fingerprint density at radius 3 is 2.76 bits per heavy atom. The van der Waals surface area contributed by atoms with Crippen LogP contribution in [0.25, 0.3) is 0 Å². The number of anilines is 2. The first-order valence-electron chi connectivity index (χ1n) is 5.65. The van der Waals surface area contributed by atoms with Gasteiger partial charge in [-0.2, -0.15) is 0 Å². The van der Waals surface area contributed by atoms with Crippen molar-refractivity contribution >= 4 is 11.6 Å². The average molecular weight is 238 g/mol. The van der Waals surface area contributed by atoms with E-state index in [4.69, 9.17) is 15.2 Å². The molecule has 1 aliphatic heterocycles. The van der Waals surface area contributed by atoms with Gasteiger partial charge in [-0.25, -0.2) is 9.97 Å². The Bertz CT molecular complexity index is 391. The summed E-state index contributed by atoms with van der Waals surface area (Å²) in [6.07, 6.45) is 3.29. The molecule has 94 valence electrons. The normalized spacial score (nSPS) is 18.7. The van der Waals surface area contributed by atoms with E-state index in [-0.39, 0.29) is 5.54 Å². The number of hydrogen-bond acceptors (Lipinski definition) is 6. The Balaban J connectivity index is 2.20. The number of ether oxygens (including phenoxy) is 2. The number of nitrogens with two attached hydrogens (primary N) is 1. The van der Waals surface area contributed by atoms with Crippen LogP contribution in [0.2, 0.25) is 0 Å². The van der Waals surface area contributed by atoms with Crippen LogP contribution in [0, 0.1) is 0 Å². The quantitative estimate of drug-likeness (QED) is 0.819. The Labute approximate surface area is 101 Å². The van der Waals surface area contributed by atoms with Crippen LogP contribution in [-0.2, 0) is 4.74 Å². The van der Waals surface area contributed by atoms with Crippen LogP contribution in [0.5, 0.6) is 5.75 Å². The number of aromatic nitrogens is 2. The number of hydrogen-bond donors (Lipinski definition) is 2.